The maximum atomic E-state index is 9.04. The Morgan fingerprint density at radius 2 is 1.67 bits per heavy atom. The van der Waals surface area contributed by atoms with E-state index in [-0.39, 0.29) is 5.76 Å². The molecule has 1 aliphatic carbocycles. The highest BCUT2D eigenvalue weighted by Crippen LogP contribution is 2.36. The van der Waals surface area contributed by atoms with E-state index in [1.807, 2.05) is 6.08 Å². The molecule has 1 N–H and O–H groups in total. The van der Waals surface area contributed by atoms with E-state index >= 15 is 0 Å². The molecule has 0 aromatic heterocycles. The summed E-state index contributed by atoms with van der Waals surface area (Å²) in [7, 11) is 0. The lowest BCUT2D eigenvalue weighted by Crippen LogP contribution is -2.16. The summed E-state index contributed by atoms with van der Waals surface area (Å²) < 4.78 is 0. The van der Waals surface area contributed by atoms with Crippen molar-refractivity contribution >= 4 is 0 Å². The van der Waals surface area contributed by atoms with Gasteiger partial charge in [0.25, 0.3) is 0 Å². The Labute approximate surface area is 169 Å². The van der Waals surface area contributed by atoms with Crippen LogP contribution in [0.5, 0.6) is 0 Å². The predicted molar refractivity (Wildman–Crippen MR) is 121 cm³/mol. The van der Waals surface area contributed by atoms with Crippen molar-refractivity contribution in [1.82, 2.24) is 0 Å². The Hall–Kier alpha value is -1.24. The SMILES string of the molecule is C=C(O)/C=C/CCCC[C@@H]1CC(/C=C/CCCCCCCCC)CCC1=C. The molecule has 27 heavy (non-hydrogen) atoms. The van der Waals surface area contributed by atoms with Crippen molar-refractivity contribution in [3.05, 3.63) is 48.8 Å². The van der Waals surface area contributed by atoms with Gasteiger partial charge in [0.15, 0.2) is 0 Å². The molecule has 0 radical (unpaired) electrons. The third-order valence-electron chi connectivity index (χ3n) is 5.87. The van der Waals surface area contributed by atoms with Crippen LogP contribution in [0, 0.1) is 11.8 Å². The smallest absolute Gasteiger partial charge is 0.108 e. The summed E-state index contributed by atoms with van der Waals surface area (Å²) in [6.07, 6.45) is 28.3. The van der Waals surface area contributed by atoms with Gasteiger partial charge in [-0.3, -0.25) is 0 Å². The van der Waals surface area contributed by atoms with Gasteiger partial charge < -0.3 is 5.11 Å². The molecule has 1 unspecified atom stereocenters. The molecular formula is C26H44O. The summed E-state index contributed by atoms with van der Waals surface area (Å²) in [5.41, 5.74) is 1.48. The minimum absolute atomic E-state index is 0.154. The minimum Gasteiger partial charge on any atom is -0.509 e. The average Bonchev–Trinajstić information content (AvgIpc) is 2.65. The number of rotatable bonds is 15. The molecule has 1 nitrogen and oxygen atoms in total. The zero-order valence-electron chi connectivity index (χ0n) is 17.9. The van der Waals surface area contributed by atoms with Crippen LogP contribution in [-0.4, -0.2) is 5.11 Å². The lowest BCUT2D eigenvalue weighted by atomic mass is 9.76. The Balaban J connectivity index is 2.13. The first-order valence-corrected chi connectivity index (χ1v) is 11.5. The number of allylic oxidation sites excluding steroid dienone is 5. The maximum absolute atomic E-state index is 9.04. The van der Waals surface area contributed by atoms with E-state index < -0.39 is 0 Å². The first-order chi connectivity index (χ1) is 13.1. The van der Waals surface area contributed by atoms with Gasteiger partial charge in [-0.2, -0.15) is 0 Å². The van der Waals surface area contributed by atoms with Crippen LogP contribution < -0.4 is 0 Å². The molecule has 1 heteroatoms. The molecule has 0 bridgehead atoms. The number of aliphatic hydroxyl groups is 1. The second kappa shape index (κ2) is 15.8. The van der Waals surface area contributed by atoms with E-state index in [4.69, 9.17) is 5.11 Å². The molecular weight excluding hydrogens is 328 g/mol. The molecule has 0 saturated heterocycles. The summed E-state index contributed by atoms with van der Waals surface area (Å²) in [6.45, 7) is 10.1. The van der Waals surface area contributed by atoms with E-state index in [0.717, 1.165) is 12.3 Å². The molecule has 0 aromatic carbocycles. The zero-order chi connectivity index (χ0) is 19.7. The Kier molecular flexibility index (Phi) is 13.9. The van der Waals surface area contributed by atoms with Crippen LogP contribution in [0.4, 0.5) is 0 Å². The second-order valence-electron chi connectivity index (χ2n) is 8.41. The van der Waals surface area contributed by atoms with Crippen molar-refractivity contribution < 1.29 is 5.11 Å². The van der Waals surface area contributed by atoms with Gasteiger partial charge in [0.1, 0.15) is 5.76 Å². The topological polar surface area (TPSA) is 20.2 Å². The summed E-state index contributed by atoms with van der Waals surface area (Å²) in [6, 6.07) is 0. The molecule has 1 rings (SSSR count). The first kappa shape index (κ1) is 23.8. The number of unbranched alkanes of at least 4 members (excludes halogenated alkanes) is 9. The second-order valence-corrected chi connectivity index (χ2v) is 8.41. The highest BCUT2D eigenvalue weighted by Gasteiger charge is 2.22. The summed E-state index contributed by atoms with van der Waals surface area (Å²) in [5, 5.41) is 9.04. The molecule has 1 fully saturated rings. The molecule has 154 valence electrons. The third kappa shape index (κ3) is 12.7. The summed E-state index contributed by atoms with van der Waals surface area (Å²) in [5.74, 6) is 1.63. The van der Waals surface area contributed by atoms with Crippen molar-refractivity contribution in [3.8, 4) is 0 Å². The highest BCUT2D eigenvalue weighted by molar-refractivity contribution is 5.08. The van der Waals surface area contributed by atoms with Gasteiger partial charge in [-0.1, -0.05) is 88.8 Å². The van der Waals surface area contributed by atoms with Crippen LogP contribution in [0.2, 0.25) is 0 Å². The molecule has 0 aromatic rings. The van der Waals surface area contributed by atoms with E-state index in [9.17, 15) is 0 Å². The third-order valence-corrected chi connectivity index (χ3v) is 5.87. The fraction of sp³-hybridized carbons (Fsp3) is 0.692. The fourth-order valence-electron chi connectivity index (χ4n) is 4.10. The molecule has 2 atom stereocenters. The summed E-state index contributed by atoms with van der Waals surface area (Å²) in [4.78, 5) is 0. The van der Waals surface area contributed by atoms with Crippen LogP contribution in [0.15, 0.2) is 48.8 Å². The van der Waals surface area contributed by atoms with Gasteiger partial charge in [0, 0.05) is 0 Å². The monoisotopic (exact) mass is 372 g/mol. The minimum atomic E-state index is 0.154. The number of aliphatic hydroxyl groups excluding tert-OH is 1. The molecule has 0 heterocycles. The van der Waals surface area contributed by atoms with Gasteiger partial charge in [0.05, 0.1) is 0 Å². The molecule has 0 spiro atoms. The number of hydrogen-bond donors (Lipinski definition) is 1. The van der Waals surface area contributed by atoms with E-state index in [2.05, 4.69) is 32.2 Å². The number of hydrogen-bond acceptors (Lipinski definition) is 1. The van der Waals surface area contributed by atoms with E-state index in [0.29, 0.717) is 5.92 Å². The van der Waals surface area contributed by atoms with Crippen molar-refractivity contribution in [2.45, 2.75) is 103 Å². The Morgan fingerprint density at radius 1 is 1.00 bits per heavy atom. The standard InChI is InChI=1S/C26H44O/c1-4-5-6-7-8-9-10-11-15-18-25-21-20-23(2)26(22-25)19-16-13-12-14-17-24(3)27/h14-15,17-18,25-27H,2-13,16,19-22H2,1H3/b17-14+,18-15+/t25?,26-/m1/s1. The largest absolute Gasteiger partial charge is 0.509 e. The molecule has 0 amide bonds. The first-order valence-electron chi connectivity index (χ1n) is 11.5. The van der Waals surface area contributed by atoms with Crippen molar-refractivity contribution in [2.75, 3.05) is 0 Å². The van der Waals surface area contributed by atoms with Crippen LogP contribution in [0.3, 0.4) is 0 Å². The quantitative estimate of drug-likeness (QED) is 0.132. The van der Waals surface area contributed by atoms with Crippen LogP contribution in [-0.2, 0) is 0 Å². The predicted octanol–water partition coefficient (Wildman–Crippen LogP) is 8.84. The average molecular weight is 373 g/mol. The van der Waals surface area contributed by atoms with Gasteiger partial charge in [-0.15, -0.1) is 0 Å². The van der Waals surface area contributed by atoms with Gasteiger partial charge in [-0.25, -0.2) is 0 Å². The van der Waals surface area contributed by atoms with Crippen molar-refractivity contribution in [1.29, 1.82) is 0 Å². The molecule has 0 aliphatic heterocycles. The molecule has 1 aliphatic rings. The van der Waals surface area contributed by atoms with Crippen LogP contribution in [0.25, 0.3) is 0 Å². The molecule has 1 saturated carbocycles. The van der Waals surface area contributed by atoms with Gasteiger partial charge in [0.2, 0.25) is 0 Å². The van der Waals surface area contributed by atoms with Gasteiger partial charge in [-0.05, 0) is 69.3 Å². The Morgan fingerprint density at radius 3 is 2.41 bits per heavy atom. The van der Waals surface area contributed by atoms with E-state index in [1.54, 1.807) is 6.08 Å². The lowest BCUT2D eigenvalue weighted by Gasteiger charge is -2.29. The van der Waals surface area contributed by atoms with Gasteiger partial charge >= 0.3 is 0 Å². The maximum Gasteiger partial charge on any atom is 0.108 e. The van der Waals surface area contributed by atoms with Crippen LogP contribution >= 0.6 is 0 Å². The van der Waals surface area contributed by atoms with Crippen molar-refractivity contribution in [2.24, 2.45) is 11.8 Å². The lowest BCUT2D eigenvalue weighted by molar-refractivity contribution is 0.357. The van der Waals surface area contributed by atoms with Crippen LogP contribution in [0.1, 0.15) is 103 Å². The summed E-state index contributed by atoms with van der Waals surface area (Å²) >= 11 is 0. The fourth-order valence-corrected chi connectivity index (χ4v) is 4.10. The highest BCUT2D eigenvalue weighted by atomic mass is 16.3. The Bertz CT molecular complexity index is 457. The zero-order valence-corrected chi connectivity index (χ0v) is 17.9. The van der Waals surface area contributed by atoms with E-state index in [1.165, 1.54) is 95.5 Å². The normalized spacial score (nSPS) is 20.7. The van der Waals surface area contributed by atoms with Crippen molar-refractivity contribution in [3.63, 3.8) is 0 Å².